The lowest BCUT2D eigenvalue weighted by Crippen LogP contribution is -2.43. The third-order valence-corrected chi connectivity index (χ3v) is 4.16. The Hall–Kier alpha value is -1.26. The van der Waals surface area contributed by atoms with E-state index >= 15 is 0 Å². The molecule has 128 valence electrons. The largest absolute Gasteiger partial charge is 0.356 e. The monoisotopic (exact) mass is 311 g/mol. The Bertz CT molecular complexity index is 315. The SMILES string of the molecule is CCCCCCNC(=O)CCCNC(=O)NC1CCCCC1. The summed E-state index contributed by atoms with van der Waals surface area (Å²) in [5, 5.41) is 8.78. The summed E-state index contributed by atoms with van der Waals surface area (Å²) in [7, 11) is 0. The summed E-state index contributed by atoms with van der Waals surface area (Å²) in [4.78, 5) is 23.3. The zero-order valence-electron chi connectivity index (χ0n) is 14.1. The Kier molecular flexibility index (Phi) is 10.5. The quantitative estimate of drug-likeness (QED) is 0.543. The molecule has 1 fully saturated rings. The molecule has 22 heavy (non-hydrogen) atoms. The van der Waals surface area contributed by atoms with E-state index in [1.165, 1.54) is 38.5 Å². The average Bonchev–Trinajstić information content (AvgIpc) is 2.52. The van der Waals surface area contributed by atoms with Gasteiger partial charge in [-0.05, 0) is 25.7 Å². The van der Waals surface area contributed by atoms with Gasteiger partial charge >= 0.3 is 6.03 Å². The van der Waals surface area contributed by atoms with Gasteiger partial charge in [0.25, 0.3) is 0 Å². The van der Waals surface area contributed by atoms with Crippen molar-refractivity contribution >= 4 is 11.9 Å². The smallest absolute Gasteiger partial charge is 0.315 e. The number of urea groups is 1. The molecule has 3 amide bonds. The fourth-order valence-electron chi connectivity index (χ4n) is 2.80. The molecule has 1 aliphatic rings. The van der Waals surface area contributed by atoms with Crippen LogP contribution in [0.25, 0.3) is 0 Å². The van der Waals surface area contributed by atoms with E-state index in [2.05, 4.69) is 22.9 Å². The number of carbonyl (C=O) groups is 2. The summed E-state index contributed by atoms with van der Waals surface area (Å²) in [6.45, 7) is 3.51. The highest BCUT2D eigenvalue weighted by Crippen LogP contribution is 2.17. The third kappa shape index (κ3) is 9.64. The Balaban J connectivity index is 1.92. The van der Waals surface area contributed by atoms with Crippen LogP contribution in [-0.2, 0) is 4.79 Å². The van der Waals surface area contributed by atoms with Crippen molar-refractivity contribution in [3.05, 3.63) is 0 Å². The summed E-state index contributed by atoms with van der Waals surface area (Å²) in [5.74, 6) is 0.0889. The minimum absolute atomic E-state index is 0.0889. The molecule has 0 aromatic rings. The Morgan fingerprint density at radius 1 is 0.909 bits per heavy atom. The first-order valence-corrected chi connectivity index (χ1v) is 9.03. The Morgan fingerprint density at radius 2 is 1.64 bits per heavy atom. The van der Waals surface area contributed by atoms with Crippen LogP contribution in [0.1, 0.15) is 77.6 Å². The predicted octanol–water partition coefficient (Wildman–Crippen LogP) is 3.10. The van der Waals surface area contributed by atoms with Crippen LogP contribution < -0.4 is 16.0 Å². The van der Waals surface area contributed by atoms with E-state index in [4.69, 9.17) is 0 Å². The van der Waals surface area contributed by atoms with Gasteiger partial charge in [-0.3, -0.25) is 4.79 Å². The van der Waals surface area contributed by atoms with Crippen molar-refractivity contribution in [2.24, 2.45) is 0 Å². The van der Waals surface area contributed by atoms with Crippen LogP contribution >= 0.6 is 0 Å². The van der Waals surface area contributed by atoms with Gasteiger partial charge < -0.3 is 16.0 Å². The normalized spacial score (nSPS) is 15.3. The molecule has 0 unspecified atom stereocenters. The zero-order valence-corrected chi connectivity index (χ0v) is 14.1. The molecule has 0 bridgehead atoms. The molecule has 0 aromatic carbocycles. The minimum atomic E-state index is -0.0909. The highest BCUT2D eigenvalue weighted by Gasteiger charge is 2.15. The predicted molar refractivity (Wildman–Crippen MR) is 89.8 cm³/mol. The Labute approximate surface area is 135 Å². The summed E-state index contributed by atoms with van der Waals surface area (Å²) in [5.41, 5.74) is 0. The second kappa shape index (κ2) is 12.3. The molecule has 0 saturated heterocycles. The van der Waals surface area contributed by atoms with Gasteiger partial charge in [0.15, 0.2) is 0 Å². The minimum Gasteiger partial charge on any atom is -0.356 e. The van der Waals surface area contributed by atoms with Crippen molar-refractivity contribution in [2.45, 2.75) is 83.6 Å². The van der Waals surface area contributed by atoms with Crippen molar-refractivity contribution in [1.82, 2.24) is 16.0 Å². The van der Waals surface area contributed by atoms with Gasteiger partial charge in [-0.25, -0.2) is 4.79 Å². The molecule has 0 atom stereocenters. The maximum absolute atomic E-state index is 11.7. The number of hydrogen-bond acceptors (Lipinski definition) is 2. The van der Waals surface area contributed by atoms with Crippen LogP contribution in [0, 0.1) is 0 Å². The first-order chi connectivity index (χ1) is 10.7. The first-order valence-electron chi connectivity index (χ1n) is 9.03. The van der Waals surface area contributed by atoms with Crippen molar-refractivity contribution in [1.29, 1.82) is 0 Å². The summed E-state index contributed by atoms with van der Waals surface area (Å²) in [6, 6.07) is 0.243. The van der Waals surface area contributed by atoms with Crippen LogP contribution in [0.3, 0.4) is 0 Å². The summed E-state index contributed by atoms with van der Waals surface area (Å²) < 4.78 is 0. The third-order valence-electron chi connectivity index (χ3n) is 4.16. The second-order valence-corrected chi connectivity index (χ2v) is 6.25. The van der Waals surface area contributed by atoms with E-state index in [9.17, 15) is 9.59 Å². The lowest BCUT2D eigenvalue weighted by molar-refractivity contribution is -0.121. The fraction of sp³-hybridized carbons (Fsp3) is 0.882. The molecular formula is C17H33N3O2. The van der Waals surface area contributed by atoms with Crippen molar-refractivity contribution in [3.8, 4) is 0 Å². The number of hydrogen-bond donors (Lipinski definition) is 3. The molecule has 3 N–H and O–H groups in total. The van der Waals surface area contributed by atoms with Crippen LogP contribution in [0.2, 0.25) is 0 Å². The van der Waals surface area contributed by atoms with Crippen molar-refractivity contribution in [2.75, 3.05) is 13.1 Å². The molecule has 5 heteroatoms. The van der Waals surface area contributed by atoms with E-state index < -0.39 is 0 Å². The Morgan fingerprint density at radius 3 is 2.36 bits per heavy atom. The van der Waals surface area contributed by atoms with Gasteiger partial charge in [0.1, 0.15) is 0 Å². The van der Waals surface area contributed by atoms with Gasteiger partial charge in [0.05, 0.1) is 0 Å². The molecule has 1 rings (SSSR count). The molecule has 5 nitrogen and oxygen atoms in total. The summed E-state index contributed by atoms with van der Waals surface area (Å²) >= 11 is 0. The second-order valence-electron chi connectivity index (χ2n) is 6.25. The highest BCUT2D eigenvalue weighted by molar-refractivity contribution is 5.76. The number of nitrogens with one attached hydrogen (secondary N) is 3. The molecule has 0 aliphatic heterocycles. The van der Waals surface area contributed by atoms with E-state index in [1.807, 2.05) is 0 Å². The van der Waals surface area contributed by atoms with Crippen LogP contribution in [-0.4, -0.2) is 31.1 Å². The van der Waals surface area contributed by atoms with Crippen molar-refractivity contribution in [3.63, 3.8) is 0 Å². The molecule has 0 spiro atoms. The van der Waals surface area contributed by atoms with E-state index in [1.54, 1.807) is 0 Å². The standard InChI is InChI=1S/C17H33N3O2/c1-2-3-4-8-13-18-16(21)12-9-14-19-17(22)20-15-10-6-5-7-11-15/h15H,2-14H2,1H3,(H,18,21)(H2,19,20,22). The number of amides is 3. The van der Waals surface area contributed by atoms with Crippen LogP contribution in [0.4, 0.5) is 4.79 Å². The molecule has 0 aromatic heterocycles. The zero-order chi connectivity index (χ0) is 16.0. The lowest BCUT2D eigenvalue weighted by atomic mass is 9.96. The molecule has 1 saturated carbocycles. The van der Waals surface area contributed by atoms with Gasteiger partial charge in [-0.2, -0.15) is 0 Å². The summed E-state index contributed by atoms with van der Waals surface area (Å²) in [6.07, 6.45) is 11.7. The van der Waals surface area contributed by atoms with Gasteiger partial charge in [0.2, 0.25) is 5.91 Å². The maximum atomic E-state index is 11.7. The lowest BCUT2D eigenvalue weighted by Gasteiger charge is -2.22. The van der Waals surface area contributed by atoms with Crippen molar-refractivity contribution < 1.29 is 9.59 Å². The molecule has 1 aliphatic carbocycles. The van der Waals surface area contributed by atoms with Gasteiger partial charge in [-0.15, -0.1) is 0 Å². The van der Waals surface area contributed by atoms with E-state index in [0.29, 0.717) is 25.4 Å². The topological polar surface area (TPSA) is 70.2 Å². The average molecular weight is 311 g/mol. The van der Waals surface area contributed by atoms with Crippen LogP contribution in [0.15, 0.2) is 0 Å². The fourth-order valence-corrected chi connectivity index (χ4v) is 2.80. The maximum Gasteiger partial charge on any atom is 0.315 e. The number of rotatable bonds is 10. The molecule has 0 radical (unpaired) electrons. The molecule has 0 heterocycles. The number of carbonyl (C=O) groups excluding carboxylic acids is 2. The molecular weight excluding hydrogens is 278 g/mol. The number of unbranched alkanes of at least 4 members (excludes halogenated alkanes) is 3. The van der Waals surface area contributed by atoms with Gasteiger partial charge in [-0.1, -0.05) is 45.4 Å². The van der Waals surface area contributed by atoms with E-state index in [-0.39, 0.29) is 11.9 Å². The highest BCUT2D eigenvalue weighted by atomic mass is 16.2. The first kappa shape index (κ1) is 18.8. The van der Waals surface area contributed by atoms with Crippen LogP contribution in [0.5, 0.6) is 0 Å². The van der Waals surface area contributed by atoms with Gasteiger partial charge in [0, 0.05) is 25.6 Å². The van der Waals surface area contributed by atoms with E-state index in [0.717, 1.165) is 25.8 Å².